The van der Waals surface area contributed by atoms with E-state index in [-0.39, 0.29) is 18.7 Å². The van der Waals surface area contributed by atoms with Gasteiger partial charge in [0.15, 0.2) is 0 Å². The van der Waals surface area contributed by atoms with Gasteiger partial charge in [0, 0.05) is 24.4 Å². The molecule has 1 fully saturated rings. The summed E-state index contributed by atoms with van der Waals surface area (Å²) < 4.78 is 105. The highest BCUT2D eigenvalue weighted by molar-refractivity contribution is 7.89. The van der Waals surface area contributed by atoms with E-state index >= 15 is 0 Å². The van der Waals surface area contributed by atoms with Gasteiger partial charge in [0.2, 0.25) is 11.0 Å². The summed E-state index contributed by atoms with van der Waals surface area (Å²) >= 11 is 0. The average molecular weight is 595 g/mol. The fourth-order valence-corrected chi connectivity index (χ4v) is 6.04. The Balaban J connectivity index is 1.24. The number of furan rings is 1. The van der Waals surface area contributed by atoms with E-state index in [1.54, 1.807) is 48.5 Å². The first-order valence-electron chi connectivity index (χ1n) is 12.4. The van der Waals surface area contributed by atoms with Crippen LogP contribution in [0.15, 0.2) is 88.4 Å². The van der Waals surface area contributed by atoms with E-state index in [4.69, 9.17) is 9.15 Å². The van der Waals surface area contributed by atoms with E-state index in [2.05, 4.69) is 5.32 Å². The van der Waals surface area contributed by atoms with Crippen LogP contribution in [-0.2, 0) is 34.1 Å². The highest BCUT2D eigenvalue weighted by atomic mass is 32.2. The molecular formula is C28H23F5N2O5S. The Morgan fingerprint density at radius 1 is 1.00 bits per heavy atom. The molecule has 13 heteroatoms. The lowest BCUT2D eigenvalue weighted by molar-refractivity contribution is -0.137. The van der Waals surface area contributed by atoms with Gasteiger partial charge in [-0.15, -0.1) is 0 Å². The van der Waals surface area contributed by atoms with Crippen LogP contribution in [-0.4, -0.2) is 37.1 Å². The predicted octanol–water partition coefficient (Wildman–Crippen LogP) is 5.75. The van der Waals surface area contributed by atoms with Crippen LogP contribution in [0.3, 0.4) is 0 Å². The summed E-state index contributed by atoms with van der Waals surface area (Å²) in [5.41, 5.74) is 0.519. The monoisotopic (exact) mass is 594 g/mol. The Hall–Kier alpha value is -3.97. The molecule has 1 aromatic heterocycles. The van der Waals surface area contributed by atoms with Crippen molar-refractivity contribution in [2.45, 2.75) is 42.8 Å². The second kappa shape index (κ2) is 10.8. The van der Waals surface area contributed by atoms with Gasteiger partial charge in [-0.2, -0.15) is 17.5 Å². The highest BCUT2D eigenvalue weighted by Crippen LogP contribution is 2.37. The minimum atomic E-state index is -4.56. The third-order valence-corrected chi connectivity index (χ3v) is 8.26. The lowest BCUT2D eigenvalue weighted by Gasteiger charge is -2.21. The van der Waals surface area contributed by atoms with Crippen molar-refractivity contribution in [1.82, 2.24) is 9.62 Å². The smallest absolute Gasteiger partial charge is 0.416 e. The number of nitrogens with one attached hydrogen (secondary N) is 1. The molecule has 3 aromatic carbocycles. The number of ether oxygens (including phenoxy) is 1. The second-order valence-corrected chi connectivity index (χ2v) is 11.4. The molecule has 4 aromatic rings. The standard InChI is InChI=1S/C28H23F5N2O5S/c29-27(30)14-23(35(17-27)41(37,38)25-13-20-5-1-2-7-24(20)40-25)26(36)34-15-19-4-3-6-22(12-19)39-16-18-8-10-21(11-9-18)28(31,32)33/h1-13,23H,14-17H2,(H,34,36)/t23-/m0/s1. The summed E-state index contributed by atoms with van der Waals surface area (Å²) in [7, 11) is -4.56. The molecule has 1 aliphatic heterocycles. The highest BCUT2D eigenvalue weighted by Gasteiger charge is 2.53. The first-order chi connectivity index (χ1) is 19.3. The van der Waals surface area contributed by atoms with Crippen molar-refractivity contribution in [3.05, 3.63) is 95.6 Å². The van der Waals surface area contributed by atoms with E-state index in [1.807, 2.05) is 0 Å². The SMILES string of the molecule is O=C(NCc1cccc(OCc2ccc(C(F)(F)F)cc2)c1)[C@@H]1CC(F)(F)CN1S(=O)(=O)c1cc2ccccc2o1. The summed E-state index contributed by atoms with van der Waals surface area (Å²) in [6.45, 7) is -1.30. The number of halogens is 5. The van der Waals surface area contributed by atoms with Gasteiger partial charge in [-0.3, -0.25) is 4.79 Å². The predicted molar refractivity (Wildman–Crippen MR) is 138 cm³/mol. The molecule has 7 nitrogen and oxygen atoms in total. The summed E-state index contributed by atoms with van der Waals surface area (Å²) in [5.74, 6) is -3.97. The molecule has 0 aliphatic carbocycles. The number of fused-ring (bicyclic) bond motifs is 1. The van der Waals surface area contributed by atoms with E-state index < -0.39 is 57.7 Å². The van der Waals surface area contributed by atoms with Gasteiger partial charge in [-0.1, -0.05) is 42.5 Å². The van der Waals surface area contributed by atoms with Crippen molar-refractivity contribution in [3.8, 4) is 5.75 Å². The van der Waals surface area contributed by atoms with E-state index in [1.165, 1.54) is 18.2 Å². The van der Waals surface area contributed by atoms with Gasteiger partial charge in [-0.25, -0.2) is 17.2 Å². The minimum absolute atomic E-state index is 0.0142. The maximum absolute atomic E-state index is 14.4. The molecule has 41 heavy (non-hydrogen) atoms. The third-order valence-electron chi connectivity index (χ3n) is 6.55. The Kier molecular flexibility index (Phi) is 7.51. The van der Waals surface area contributed by atoms with Crippen molar-refractivity contribution in [3.63, 3.8) is 0 Å². The van der Waals surface area contributed by atoms with Crippen LogP contribution in [0.2, 0.25) is 0 Å². The molecule has 216 valence electrons. The number of rotatable bonds is 8. The van der Waals surface area contributed by atoms with Crippen LogP contribution in [0.1, 0.15) is 23.1 Å². The van der Waals surface area contributed by atoms with E-state index in [0.717, 1.165) is 12.1 Å². The molecule has 2 heterocycles. The van der Waals surface area contributed by atoms with Crippen LogP contribution in [0.25, 0.3) is 11.0 Å². The lowest BCUT2D eigenvalue weighted by atomic mass is 10.1. The van der Waals surface area contributed by atoms with Gasteiger partial charge in [0.1, 0.15) is 24.0 Å². The molecule has 0 bridgehead atoms. The fourth-order valence-electron chi connectivity index (χ4n) is 4.47. The van der Waals surface area contributed by atoms with Crippen molar-refractivity contribution in [2.24, 2.45) is 0 Å². The molecule has 1 atom stereocenters. The number of sulfonamides is 1. The molecule has 5 rings (SSSR count). The molecule has 1 amide bonds. The first kappa shape index (κ1) is 28.6. The maximum atomic E-state index is 14.4. The zero-order valence-corrected chi connectivity index (χ0v) is 22.0. The van der Waals surface area contributed by atoms with Crippen molar-refractivity contribution < 1.29 is 44.3 Å². The van der Waals surface area contributed by atoms with Gasteiger partial charge in [-0.05, 0) is 41.5 Å². The minimum Gasteiger partial charge on any atom is -0.489 e. The summed E-state index contributed by atoms with van der Waals surface area (Å²) in [6.07, 6.45) is -5.43. The number of hydrogen-bond acceptors (Lipinski definition) is 5. The van der Waals surface area contributed by atoms with Gasteiger partial charge in [0.05, 0.1) is 12.1 Å². The average Bonchev–Trinajstić information content (AvgIpc) is 3.52. The van der Waals surface area contributed by atoms with Crippen LogP contribution in [0.5, 0.6) is 5.75 Å². The Morgan fingerprint density at radius 2 is 1.73 bits per heavy atom. The van der Waals surface area contributed by atoms with Crippen LogP contribution < -0.4 is 10.1 Å². The number of para-hydroxylation sites is 1. The van der Waals surface area contributed by atoms with Gasteiger partial charge >= 0.3 is 6.18 Å². The number of benzene rings is 3. The summed E-state index contributed by atoms with van der Waals surface area (Å²) in [4.78, 5) is 13.0. The molecule has 0 radical (unpaired) electrons. The topological polar surface area (TPSA) is 88.9 Å². The van der Waals surface area contributed by atoms with E-state index in [0.29, 0.717) is 26.6 Å². The number of hydrogen-bond donors (Lipinski definition) is 1. The van der Waals surface area contributed by atoms with Crippen molar-refractivity contribution >= 4 is 26.9 Å². The molecule has 1 aliphatic rings. The number of alkyl halides is 5. The normalized spacial score (nSPS) is 17.5. The summed E-state index contributed by atoms with van der Waals surface area (Å²) in [6, 6.07) is 17.0. The Bertz CT molecular complexity index is 1640. The maximum Gasteiger partial charge on any atom is 0.416 e. The van der Waals surface area contributed by atoms with Gasteiger partial charge in [0.25, 0.3) is 15.9 Å². The van der Waals surface area contributed by atoms with Crippen LogP contribution in [0.4, 0.5) is 22.0 Å². The fraction of sp³-hybridized carbons (Fsp3) is 0.250. The molecule has 0 spiro atoms. The zero-order valence-electron chi connectivity index (χ0n) is 21.2. The third kappa shape index (κ3) is 6.35. The number of amides is 1. The molecule has 0 saturated carbocycles. The Morgan fingerprint density at radius 3 is 2.44 bits per heavy atom. The van der Waals surface area contributed by atoms with E-state index in [9.17, 15) is 35.2 Å². The molecular weight excluding hydrogens is 571 g/mol. The van der Waals surface area contributed by atoms with Crippen molar-refractivity contribution in [2.75, 3.05) is 6.54 Å². The molecule has 0 unspecified atom stereocenters. The number of carbonyl (C=O) groups is 1. The Labute approximate surface area is 231 Å². The summed E-state index contributed by atoms with van der Waals surface area (Å²) in [5, 5.41) is 2.44. The number of nitrogens with zero attached hydrogens (tertiary/aromatic N) is 1. The van der Waals surface area contributed by atoms with Gasteiger partial charge < -0.3 is 14.5 Å². The van der Waals surface area contributed by atoms with Crippen molar-refractivity contribution in [1.29, 1.82) is 0 Å². The van der Waals surface area contributed by atoms with Crippen LogP contribution >= 0.6 is 0 Å². The lowest BCUT2D eigenvalue weighted by Crippen LogP contribution is -2.45. The second-order valence-electron chi connectivity index (χ2n) is 9.58. The largest absolute Gasteiger partial charge is 0.489 e. The first-order valence-corrected chi connectivity index (χ1v) is 13.8. The van der Waals surface area contributed by atoms with Crippen LogP contribution in [0, 0.1) is 0 Å². The zero-order chi connectivity index (χ0) is 29.4. The number of carbonyl (C=O) groups excluding carboxylic acids is 1. The molecule has 1 saturated heterocycles. The quantitative estimate of drug-likeness (QED) is 0.263. The molecule has 1 N–H and O–H groups in total.